The van der Waals surface area contributed by atoms with Gasteiger partial charge < -0.3 is 10.6 Å². The Labute approximate surface area is 59.2 Å². The molecule has 0 bridgehead atoms. The van der Waals surface area contributed by atoms with Gasteiger partial charge in [-0.05, 0) is 0 Å². The van der Waals surface area contributed by atoms with Crippen LogP contribution in [0.15, 0.2) is 12.3 Å². The van der Waals surface area contributed by atoms with Crippen molar-refractivity contribution in [2.45, 2.75) is 6.17 Å². The highest BCUT2D eigenvalue weighted by Crippen LogP contribution is 2.22. The maximum Gasteiger partial charge on any atom is 0.128 e. The molecule has 2 heterocycles. The van der Waals surface area contributed by atoms with Crippen LogP contribution in [0.3, 0.4) is 0 Å². The summed E-state index contributed by atoms with van der Waals surface area (Å²) in [5.41, 5.74) is 5.74. The molecule has 1 aromatic rings. The number of likely N-dealkylation sites (N-methyl/N-ethyl adjacent to an activating group) is 1. The van der Waals surface area contributed by atoms with Gasteiger partial charge in [-0.25, -0.2) is 4.68 Å². The minimum atomic E-state index is 0.0370. The number of nitrogens with two attached hydrogens (primary N) is 1. The smallest absolute Gasteiger partial charge is 0.128 e. The highest BCUT2D eigenvalue weighted by molar-refractivity contribution is 5.41. The molecular formula is C6H10N4. The number of rotatable bonds is 0. The molecule has 1 unspecified atom stereocenters. The summed E-state index contributed by atoms with van der Waals surface area (Å²) < 4.78 is 1.83. The summed E-state index contributed by atoms with van der Waals surface area (Å²) in [7, 11) is 2.01. The molecule has 0 radical (unpaired) electrons. The lowest BCUT2D eigenvalue weighted by molar-refractivity contribution is 0.530. The molecule has 0 spiro atoms. The summed E-state index contributed by atoms with van der Waals surface area (Å²) in [5, 5.41) is 4.08. The van der Waals surface area contributed by atoms with Gasteiger partial charge >= 0.3 is 0 Å². The van der Waals surface area contributed by atoms with Crippen LogP contribution in [0.5, 0.6) is 0 Å². The first-order valence-corrected chi connectivity index (χ1v) is 3.29. The molecule has 1 aliphatic rings. The Hall–Kier alpha value is -1.03. The van der Waals surface area contributed by atoms with Gasteiger partial charge in [0.2, 0.25) is 0 Å². The minimum Gasteiger partial charge on any atom is -0.356 e. The van der Waals surface area contributed by atoms with Gasteiger partial charge in [0, 0.05) is 13.1 Å². The zero-order valence-electron chi connectivity index (χ0n) is 5.86. The second kappa shape index (κ2) is 1.73. The standard InChI is InChI=1S/C6H10N4/c1-9-4-5(7)10-6(9)2-3-8-10/h2-3,5H,4,7H2,1H3. The van der Waals surface area contributed by atoms with E-state index in [-0.39, 0.29) is 6.17 Å². The van der Waals surface area contributed by atoms with Crippen LogP contribution in [0.2, 0.25) is 0 Å². The SMILES string of the molecule is CN1CC(N)n2nccc21. The van der Waals surface area contributed by atoms with E-state index in [9.17, 15) is 0 Å². The molecular weight excluding hydrogens is 128 g/mol. The first-order chi connectivity index (χ1) is 4.79. The van der Waals surface area contributed by atoms with Crippen molar-refractivity contribution in [1.82, 2.24) is 9.78 Å². The predicted octanol–water partition coefficient (Wildman–Crippen LogP) is -0.210. The van der Waals surface area contributed by atoms with E-state index in [4.69, 9.17) is 5.73 Å². The molecule has 0 aromatic carbocycles. The molecule has 0 aliphatic carbocycles. The number of hydrogen-bond acceptors (Lipinski definition) is 3. The Kier molecular flexibility index (Phi) is 0.990. The summed E-state index contributed by atoms with van der Waals surface area (Å²) in [6.45, 7) is 0.864. The van der Waals surface area contributed by atoms with Gasteiger partial charge in [0.05, 0.1) is 12.7 Å². The Morgan fingerprint density at radius 1 is 1.80 bits per heavy atom. The fraction of sp³-hybridized carbons (Fsp3) is 0.500. The second-order valence-electron chi connectivity index (χ2n) is 2.58. The summed E-state index contributed by atoms with van der Waals surface area (Å²) in [5.74, 6) is 1.10. The Morgan fingerprint density at radius 3 is 3.30 bits per heavy atom. The van der Waals surface area contributed by atoms with E-state index in [0.29, 0.717) is 0 Å². The quantitative estimate of drug-likeness (QED) is 0.539. The molecule has 10 heavy (non-hydrogen) atoms. The van der Waals surface area contributed by atoms with Crippen LogP contribution in [0.4, 0.5) is 5.82 Å². The maximum atomic E-state index is 5.74. The summed E-state index contributed by atoms with van der Waals surface area (Å²) in [4.78, 5) is 2.09. The van der Waals surface area contributed by atoms with Crippen LogP contribution >= 0.6 is 0 Å². The van der Waals surface area contributed by atoms with Crippen LogP contribution in [0.25, 0.3) is 0 Å². The third-order valence-corrected chi connectivity index (χ3v) is 1.82. The number of hydrogen-bond donors (Lipinski definition) is 1. The molecule has 0 fully saturated rings. The van der Waals surface area contributed by atoms with Crippen molar-refractivity contribution in [3.8, 4) is 0 Å². The van der Waals surface area contributed by atoms with Crippen molar-refractivity contribution in [3.63, 3.8) is 0 Å². The van der Waals surface area contributed by atoms with Crippen molar-refractivity contribution in [3.05, 3.63) is 12.3 Å². The zero-order chi connectivity index (χ0) is 7.14. The third-order valence-electron chi connectivity index (χ3n) is 1.82. The Balaban J connectivity index is 2.48. The lowest BCUT2D eigenvalue weighted by atomic mass is 10.5. The highest BCUT2D eigenvalue weighted by Gasteiger charge is 2.22. The molecule has 2 rings (SSSR count). The fourth-order valence-corrected chi connectivity index (χ4v) is 1.32. The van der Waals surface area contributed by atoms with Gasteiger partial charge in [-0.1, -0.05) is 0 Å². The van der Waals surface area contributed by atoms with Crippen LogP contribution in [0, 0.1) is 0 Å². The zero-order valence-corrected chi connectivity index (χ0v) is 5.86. The molecule has 1 aromatic heterocycles. The van der Waals surface area contributed by atoms with E-state index in [1.54, 1.807) is 6.20 Å². The van der Waals surface area contributed by atoms with Gasteiger partial charge in [0.15, 0.2) is 0 Å². The van der Waals surface area contributed by atoms with Gasteiger partial charge in [0.25, 0.3) is 0 Å². The summed E-state index contributed by atoms with van der Waals surface area (Å²) in [6.07, 6.45) is 1.81. The van der Waals surface area contributed by atoms with Gasteiger partial charge in [0.1, 0.15) is 12.0 Å². The molecule has 0 amide bonds. The topological polar surface area (TPSA) is 47.1 Å². The number of anilines is 1. The average molecular weight is 138 g/mol. The number of fused-ring (bicyclic) bond motifs is 1. The van der Waals surface area contributed by atoms with E-state index in [1.165, 1.54) is 0 Å². The lowest BCUT2D eigenvalue weighted by Gasteiger charge is -2.06. The summed E-state index contributed by atoms with van der Waals surface area (Å²) in [6, 6.07) is 1.97. The first-order valence-electron chi connectivity index (χ1n) is 3.29. The van der Waals surface area contributed by atoms with E-state index in [0.717, 1.165) is 12.4 Å². The maximum absolute atomic E-state index is 5.74. The van der Waals surface area contributed by atoms with Crippen LogP contribution in [0.1, 0.15) is 6.17 Å². The molecule has 1 atom stereocenters. The van der Waals surface area contributed by atoms with E-state index >= 15 is 0 Å². The largest absolute Gasteiger partial charge is 0.356 e. The Morgan fingerprint density at radius 2 is 2.60 bits per heavy atom. The third kappa shape index (κ3) is 0.565. The van der Waals surface area contributed by atoms with Gasteiger partial charge in [-0.3, -0.25) is 0 Å². The van der Waals surface area contributed by atoms with Crippen LogP contribution < -0.4 is 10.6 Å². The lowest BCUT2D eigenvalue weighted by Crippen LogP contribution is -2.22. The monoisotopic (exact) mass is 138 g/mol. The molecule has 2 N–H and O–H groups in total. The predicted molar refractivity (Wildman–Crippen MR) is 38.7 cm³/mol. The molecule has 1 aliphatic heterocycles. The van der Waals surface area contributed by atoms with Crippen LogP contribution in [-0.4, -0.2) is 23.4 Å². The number of aromatic nitrogens is 2. The molecule has 0 saturated carbocycles. The van der Waals surface area contributed by atoms with E-state index < -0.39 is 0 Å². The number of nitrogens with zero attached hydrogens (tertiary/aromatic N) is 3. The minimum absolute atomic E-state index is 0.0370. The second-order valence-corrected chi connectivity index (χ2v) is 2.58. The van der Waals surface area contributed by atoms with E-state index in [1.807, 2.05) is 17.8 Å². The highest BCUT2D eigenvalue weighted by atomic mass is 15.5. The normalized spacial score (nSPS) is 23.4. The molecule has 0 saturated heterocycles. The van der Waals surface area contributed by atoms with Crippen molar-refractivity contribution < 1.29 is 0 Å². The molecule has 54 valence electrons. The molecule has 4 nitrogen and oxygen atoms in total. The van der Waals surface area contributed by atoms with Crippen molar-refractivity contribution in [2.24, 2.45) is 5.73 Å². The van der Waals surface area contributed by atoms with Crippen LogP contribution in [-0.2, 0) is 0 Å². The first kappa shape index (κ1) is 5.73. The average Bonchev–Trinajstić information content (AvgIpc) is 2.39. The van der Waals surface area contributed by atoms with Gasteiger partial charge in [-0.15, -0.1) is 0 Å². The summed E-state index contributed by atoms with van der Waals surface area (Å²) >= 11 is 0. The van der Waals surface area contributed by atoms with Gasteiger partial charge in [-0.2, -0.15) is 5.10 Å². The van der Waals surface area contributed by atoms with Crippen molar-refractivity contribution >= 4 is 5.82 Å². The van der Waals surface area contributed by atoms with Crippen molar-refractivity contribution in [1.29, 1.82) is 0 Å². The fourth-order valence-electron chi connectivity index (χ4n) is 1.32. The van der Waals surface area contributed by atoms with E-state index in [2.05, 4.69) is 10.00 Å². The molecule has 4 heteroatoms. The van der Waals surface area contributed by atoms with Crippen molar-refractivity contribution in [2.75, 3.05) is 18.5 Å². The Bertz CT molecular complexity index is 219.